The van der Waals surface area contributed by atoms with Crippen molar-refractivity contribution in [2.24, 2.45) is 0 Å². The van der Waals surface area contributed by atoms with Gasteiger partial charge in [-0.2, -0.15) is 0 Å². The predicted molar refractivity (Wildman–Crippen MR) is 122 cm³/mol. The molecular weight excluding hydrogens is 454 g/mol. The van der Waals surface area contributed by atoms with Gasteiger partial charge >= 0.3 is 0 Å². The Kier molecular flexibility index (Phi) is 9.32. The molecule has 3 rings (SSSR count). The highest BCUT2D eigenvalue weighted by Crippen LogP contribution is 2.37. The number of ether oxygens (including phenoxy) is 3. The summed E-state index contributed by atoms with van der Waals surface area (Å²) in [7, 11) is 3.35. The van der Waals surface area contributed by atoms with E-state index in [0.717, 1.165) is 33.5 Å². The van der Waals surface area contributed by atoms with Crippen molar-refractivity contribution in [1.29, 1.82) is 0 Å². The highest BCUT2D eigenvalue weighted by atomic mass is 79.9. The Bertz CT molecular complexity index is 906. The Hall–Kier alpha value is -2.21. The van der Waals surface area contributed by atoms with E-state index < -0.39 is 0 Å². The van der Waals surface area contributed by atoms with E-state index in [4.69, 9.17) is 14.2 Å². The van der Waals surface area contributed by atoms with Crippen molar-refractivity contribution in [3.63, 3.8) is 0 Å². The predicted octanol–water partition coefficient (Wildman–Crippen LogP) is 5.76. The molecule has 0 unspecified atom stereocenters. The smallest absolute Gasteiger partial charge is 0.175 e. The van der Waals surface area contributed by atoms with Gasteiger partial charge in [-0.15, -0.1) is 12.4 Å². The van der Waals surface area contributed by atoms with Crippen LogP contribution in [-0.4, -0.2) is 14.2 Å². The average molecular weight is 479 g/mol. The van der Waals surface area contributed by atoms with Gasteiger partial charge in [0.05, 0.1) is 18.7 Å². The van der Waals surface area contributed by atoms with E-state index in [-0.39, 0.29) is 12.4 Å². The average Bonchev–Trinajstić information content (AvgIpc) is 2.73. The highest BCUT2D eigenvalue weighted by molar-refractivity contribution is 9.10. The van der Waals surface area contributed by atoms with Crippen molar-refractivity contribution in [3.05, 3.63) is 87.9 Å². The molecule has 0 aliphatic heterocycles. The van der Waals surface area contributed by atoms with Gasteiger partial charge in [0.15, 0.2) is 11.5 Å². The zero-order valence-corrected chi connectivity index (χ0v) is 18.9. The van der Waals surface area contributed by atoms with Gasteiger partial charge in [0.2, 0.25) is 0 Å². The first-order valence-electron chi connectivity index (χ1n) is 9.07. The third-order valence-electron chi connectivity index (χ3n) is 4.35. The molecule has 0 radical (unpaired) electrons. The molecule has 0 bridgehead atoms. The summed E-state index contributed by atoms with van der Waals surface area (Å²) in [5.74, 6) is 2.30. The van der Waals surface area contributed by atoms with Crippen LogP contribution in [-0.2, 0) is 19.7 Å². The first kappa shape index (κ1) is 23.1. The molecule has 0 aliphatic carbocycles. The maximum Gasteiger partial charge on any atom is 0.175 e. The summed E-state index contributed by atoms with van der Waals surface area (Å²) in [6.45, 7) is 1.91. The van der Waals surface area contributed by atoms with Crippen LogP contribution in [0, 0.1) is 0 Å². The molecule has 3 aromatic carbocycles. The van der Waals surface area contributed by atoms with Crippen LogP contribution in [0.3, 0.4) is 0 Å². The van der Waals surface area contributed by atoms with Gasteiger partial charge in [0, 0.05) is 18.7 Å². The summed E-state index contributed by atoms with van der Waals surface area (Å²) < 4.78 is 17.8. The maximum absolute atomic E-state index is 6.00. The van der Waals surface area contributed by atoms with Crippen LogP contribution in [0.15, 0.2) is 71.2 Å². The van der Waals surface area contributed by atoms with Gasteiger partial charge in [-0.25, -0.2) is 0 Å². The van der Waals surface area contributed by atoms with Crippen molar-refractivity contribution in [1.82, 2.24) is 5.32 Å². The quantitative estimate of drug-likeness (QED) is 0.425. The molecule has 0 atom stereocenters. The summed E-state index contributed by atoms with van der Waals surface area (Å²) >= 11 is 3.62. The van der Waals surface area contributed by atoms with Gasteiger partial charge in [-0.1, -0.05) is 48.5 Å². The number of hydrogen-bond donors (Lipinski definition) is 1. The van der Waals surface area contributed by atoms with E-state index >= 15 is 0 Å². The molecular formula is C23H25BrClNO3. The lowest BCUT2D eigenvalue weighted by atomic mass is 10.1. The summed E-state index contributed by atoms with van der Waals surface area (Å²) in [6, 6.07) is 22.1. The number of halogens is 2. The van der Waals surface area contributed by atoms with E-state index in [1.807, 2.05) is 54.6 Å². The van der Waals surface area contributed by atoms with Gasteiger partial charge in [-0.05, 0) is 45.3 Å². The molecule has 154 valence electrons. The van der Waals surface area contributed by atoms with Gasteiger partial charge < -0.3 is 19.5 Å². The number of rotatable bonds is 9. The van der Waals surface area contributed by atoms with E-state index in [1.165, 1.54) is 0 Å². The molecule has 1 N–H and O–H groups in total. The van der Waals surface area contributed by atoms with Crippen LogP contribution in [0.2, 0.25) is 0 Å². The van der Waals surface area contributed by atoms with Crippen molar-refractivity contribution < 1.29 is 14.2 Å². The topological polar surface area (TPSA) is 39.7 Å². The van der Waals surface area contributed by atoms with Crippen LogP contribution in [0.1, 0.15) is 16.7 Å². The largest absolute Gasteiger partial charge is 0.496 e. The van der Waals surface area contributed by atoms with E-state index in [0.29, 0.717) is 24.7 Å². The lowest BCUT2D eigenvalue weighted by Gasteiger charge is -2.15. The van der Waals surface area contributed by atoms with Crippen LogP contribution in [0.25, 0.3) is 0 Å². The summed E-state index contributed by atoms with van der Waals surface area (Å²) in [5, 5.41) is 3.45. The molecule has 0 saturated heterocycles. The van der Waals surface area contributed by atoms with Crippen LogP contribution < -0.4 is 19.5 Å². The molecule has 0 heterocycles. The Morgan fingerprint density at radius 3 is 2.21 bits per heavy atom. The summed E-state index contributed by atoms with van der Waals surface area (Å²) in [4.78, 5) is 0. The molecule has 0 fully saturated rings. The first-order valence-corrected chi connectivity index (χ1v) is 9.86. The Morgan fingerprint density at radius 2 is 1.48 bits per heavy atom. The molecule has 4 nitrogen and oxygen atoms in total. The van der Waals surface area contributed by atoms with Gasteiger partial charge in [0.1, 0.15) is 12.4 Å². The monoisotopic (exact) mass is 477 g/mol. The van der Waals surface area contributed by atoms with E-state index in [1.54, 1.807) is 14.2 Å². The molecule has 0 amide bonds. The minimum atomic E-state index is 0. The Morgan fingerprint density at radius 1 is 0.793 bits per heavy atom. The Labute approximate surface area is 186 Å². The van der Waals surface area contributed by atoms with Gasteiger partial charge in [0.25, 0.3) is 0 Å². The fourth-order valence-corrected chi connectivity index (χ4v) is 3.54. The van der Waals surface area contributed by atoms with Crippen molar-refractivity contribution in [3.8, 4) is 17.2 Å². The fraction of sp³-hybridized carbons (Fsp3) is 0.217. The van der Waals surface area contributed by atoms with Crippen molar-refractivity contribution in [2.45, 2.75) is 19.7 Å². The molecule has 29 heavy (non-hydrogen) atoms. The molecule has 0 spiro atoms. The zero-order chi connectivity index (χ0) is 19.8. The first-order chi connectivity index (χ1) is 13.7. The number of hydrogen-bond acceptors (Lipinski definition) is 4. The third kappa shape index (κ3) is 6.39. The second kappa shape index (κ2) is 11.7. The van der Waals surface area contributed by atoms with Crippen LogP contribution in [0.5, 0.6) is 17.2 Å². The highest BCUT2D eigenvalue weighted by Gasteiger charge is 2.12. The number of para-hydroxylation sites is 1. The standard InChI is InChI=1S/C23H24BrNO3.ClH/c1-26-21-11-7-6-10-19(21)15-25-14-18-12-20(24)23(22(13-18)27-2)28-16-17-8-4-3-5-9-17;/h3-13,25H,14-16H2,1-2H3;1H. The Balaban J connectivity index is 0.00000300. The lowest BCUT2D eigenvalue weighted by molar-refractivity contribution is 0.282. The number of nitrogens with one attached hydrogen (secondary N) is 1. The SMILES string of the molecule is COc1ccccc1CNCc1cc(Br)c(OCc2ccccc2)c(OC)c1.Cl. The maximum atomic E-state index is 6.00. The number of benzene rings is 3. The molecule has 0 saturated carbocycles. The molecule has 0 aromatic heterocycles. The van der Waals surface area contributed by atoms with Gasteiger partial charge in [-0.3, -0.25) is 0 Å². The third-order valence-corrected chi connectivity index (χ3v) is 4.94. The van der Waals surface area contributed by atoms with Crippen molar-refractivity contribution >= 4 is 28.3 Å². The van der Waals surface area contributed by atoms with E-state index in [9.17, 15) is 0 Å². The summed E-state index contributed by atoms with van der Waals surface area (Å²) in [6.07, 6.45) is 0. The number of methoxy groups -OCH3 is 2. The van der Waals surface area contributed by atoms with Crippen molar-refractivity contribution in [2.75, 3.05) is 14.2 Å². The molecule has 0 aliphatic rings. The minimum absolute atomic E-state index is 0. The second-order valence-corrected chi connectivity index (χ2v) is 7.15. The van der Waals surface area contributed by atoms with Crippen LogP contribution >= 0.6 is 28.3 Å². The molecule has 6 heteroatoms. The van der Waals surface area contributed by atoms with E-state index in [2.05, 4.69) is 33.4 Å². The normalized spacial score (nSPS) is 10.2. The summed E-state index contributed by atoms with van der Waals surface area (Å²) in [5.41, 5.74) is 3.34. The minimum Gasteiger partial charge on any atom is -0.496 e. The lowest BCUT2D eigenvalue weighted by Crippen LogP contribution is -2.13. The van der Waals surface area contributed by atoms with Crippen LogP contribution in [0.4, 0.5) is 0 Å². The second-order valence-electron chi connectivity index (χ2n) is 6.30. The fourth-order valence-electron chi connectivity index (χ4n) is 2.94. The zero-order valence-electron chi connectivity index (χ0n) is 16.5. The molecule has 3 aromatic rings.